The van der Waals surface area contributed by atoms with E-state index in [0.29, 0.717) is 42.8 Å². The molecule has 0 amide bonds. The molecule has 15 nitrogen and oxygen atoms in total. The number of pyridine rings is 3. The Morgan fingerprint density at radius 3 is 1.83 bits per heavy atom. The SMILES string of the molecule is COc1ccc(CN(Cc2ccc(OC)cc2)c2cc(-c3nc4c5c(nc(OC[C@@]67CCCN6C[C@H](F)C7)nc5c3Cl)N([C@H](C)c3cccnc3N(Cc3ccc(OC)cc3)Cc3ccc(OC)cc3)CCO4)c(C(F)(F)F)c(C)n2)cc1. The van der Waals surface area contributed by atoms with Crippen LogP contribution in [0.4, 0.5) is 35.0 Å². The van der Waals surface area contributed by atoms with Gasteiger partial charge in [-0.05, 0) is 116 Å². The monoisotopic (exact) mass is 1150 g/mol. The van der Waals surface area contributed by atoms with Crippen molar-refractivity contribution >= 4 is 40.0 Å². The van der Waals surface area contributed by atoms with Gasteiger partial charge in [0, 0.05) is 56.5 Å². The van der Waals surface area contributed by atoms with E-state index >= 15 is 17.6 Å². The minimum absolute atomic E-state index is 0.0169. The van der Waals surface area contributed by atoms with Crippen LogP contribution >= 0.6 is 11.6 Å². The fraction of sp³-hybridized carbons (Fsp3) is 0.349. The van der Waals surface area contributed by atoms with E-state index < -0.39 is 29.5 Å². The standard InChI is InChI=1S/C63H64ClF4N9O6/c1-39-54(63(66,67)68)51(31-52(70-39)74(33-41-10-18-46(78-3)19-11-41)34-42-12-20-47(79-4)21-13-42)56-55(64)57-53-59(73-61(72-57)83-38-62-26-8-28-76(62)37-45(65)32-62)77(29-30-82-60(53)71-56)40(2)50-9-7-27-69-58(50)75(35-43-14-22-48(80-5)23-15-43)36-44-16-24-49(81-6)25-17-44/h7,9-25,27,31,40,45H,8,26,28-30,32-38H2,1-6H3/t40-,45-,62+/m1/s1. The number of hydrogen-bond donors (Lipinski definition) is 0. The number of anilines is 3. The molecule has 0 spiro atoms. The number of fused-ring (bicyclic) bond motifs is 1. The Morgan fingerprint density at radius 1 is 0.735 bits per heavy atom. The summed E-state index contributed by atoms with van der Waals surface area (Å²) in [6.07, 6.45) is -2.30. The number of rotatable bonds is 20. The first-order valence-corrected chi connectivity index (χ1v) is 27.9. The van der Waals surface area contributed by atoms with Gasteiger partial charge in [0.25, 0.3) is 0 Å². The average molecular weight is 1150 g/mol. The van der Waals surface area contributed by atoms with Crippen molar-refractivity contribution in [3.63, 3.8) is 0 Å². The molecule has 7 heterocycles. The zero-order chi connectivity index (χ0) is 58.0. The van der Waals surface area contributed by atoms with E-state index in [4.69, 9.17) is 60.0 Å². The first kappa shape index (κ1) is 56.7. The second-order valence-electron chi connectivity index (χ2n) is 21.2. The largest absolute Gasteiger partial charge is 0.497 e. The van der Waals surface area contributed by atoms with Crippen LogP contribution in [0.3, 0.4) is 0 Å². The number of benzene rings is 4. The normalized spacial score (nSPS) is 17.1. The third-order valence-electron chi connectivity index (χ3n) is 16.0. The summed E-state index contributed by atoms with van der Waals surface area (Å²) in [7, 11) is 6.42. The van der Waals surface area contributed by atoms with Gasteiger partial charge in [0.1, 0.15) is 70.7 Å². The van der Waals surface area contributed by atoms with Gasteiger partial charge >= 0.3 is 12.2 Å². The van der Waals surface area contributed by atoms with Crippen LogP contribution in [-0.4, -0.2) is 103 Å². The topological polar surface area (TPSA) is 133 Å². The second-order valence-corrected chi connectivity index (χ2v) is 21.6. The molecule has 4 aromatic heterocycles. The summed E-state index contributed by atoms with van der Waals surface area (Å²) in [6.45, 7) is 6.23. The highest BCUT2D eigenvalue weighted by Gasteiger charge is 2.49. The van der Waals surface area contributed by atoms with Crippen LogP contribution in [-0.2, 0) is 32.4 Å². The predicted molar refractivity (Wildman–Crippen MR) is 311 cm³/mol. The molecule has 3 atom stereocenters. The molecule has 11 rings (SSSR count). The highest BCUT2D eigenvalue weighted by molar-refractivity contribution is 6.38. The van der Waals surface area contributed by atoms with Crippen molar-refractivity contribution in [3.05, 3.63) is 166 Å². The molecule has 0 aliphatic carbocycles. The summed E-state index contributed by atoms with van der Waals surface area (Å²) < 4.78 is 97.6. The Hall–Kier alpha value is -8.16. The van der Waals surface area contributed by atoms with Gasteiger partial charge in [-0.15, -0.1) is 0 Å². The van der Waals surface area contributed by atoms with Gasteiger partial charge in [-0.2, -0.15) is 23.1 Å². The highest BCUT2D eigenvalue weighted by atomic mass is 35.5. The molecular weight excluding hydrogens is 1090 g/mol. The van der Waals surface area contributed by atoms with E-state index in [2.05, 4.69) is 14.8 Å². The maximum absolute atomic E-state index is 15.8. The number of ether oxygens (including phenoxy) is 6. The van der Waals surface area contributed by atoms with E-state index in [1.807, 2.05) is 126 Å². The van der Waals surface area contributed by atoms with Crippen LogP contribution in [0.15, 0.2) is 121 Å². The number of halogens is 5. The lowest BCUT2D eigenvalue weighted by molar-refractivity contribution is -0.137. The minimum atomic E-state index is -4.91. The van der Waals surface area contributed by atoms with E-state index in [1.54, 1.807) is 34.6 Å². The summed E-state index contributed by atoms with van der Waals surface area (Å²) >= 11 is 7.59. The lowest BCUT2D eigenvalue weighted by Crippen LogP contribution is -2.43. The molecule has 20 heteroatoms. The number of aryl methyl sites for hydroxylation is 1. The Balaban J connectivity index is 1.05. The molecule has 3 aliphatic heterocycles. The van der Waals surface area contributed by atoms with Crippen LogP contribution in [0.5, 0.6) is 34.9 Å². The van der Waals surface area contributed by atoms with Crippen LogP contribution in [0.2, 0.25) is 5.02 Å². The van der Waals surface area contributed by atoms with Crippen LogP contribution in [0.25, 0.3) is 22.2 Å². The molecule has 0 radical (unpaired) electrons. The molecule has 83 heavy (non-hydrogen) atoms. The number of alkyl halides is 4. The minimum Gasteiger partial charge on any atom is -0.497 e. The lowest BCUT2D eigenvalue weighted by atomic mass is 9.95. The molecule has 0 unspecified atom stereocenters. The summed E-state index contributed by atoms with van der Waals surface area (Å²) in [5.74, 6) is 4.02. The number of nitrogens with zero attached hydrogens (tertiary/aromatic N) is 9. The van der Waals surface area contributed by atoms with Gasteiger partial charge in [0.15, 0.2) is 0 Å². The van der Waals surface area contributed by atoms with Crippen molar-refractivity contribution in [2.24, 2.45) is 0 Å². The number of hydrogen-bond acceptors (Lipinski definition) is 15. The van der Waals surface area contributed by atoms with Crippen LogP contribution in [0.1, 0.15) is 71.3 Å². The molecule has 2 saturated heterocycles. The van der Waals surface area contributed by atoms with Gasteiger partial charge < -0.3 is 43.1 Å². The summed E-state index contributed by atoms with van der Waals surface area (Å²) in [6, 6.07) is 35.4. The van der Waals surface area contributed by atoms with Crippen molar-refractivity contribution in [2.45, 2.75) is 83.2 Å². The molecule has 8 aromatic rings. The molecular formula is C63H64ClF4N9O6. The Kier molecular flexibility index (Phi) is 16.4. The Morgan fingerprint density at radius 2 is 1.29 bits per heavy atom. The van der Waals surface area contributed by atoms with Crippen molar-refractivity contribution in [2.75, 3.05) is 76.0 Å². The zero-order valence-electron chi connectivity index (χ0n) is 47.1. The predicted octanol–water partition coefficient (Wildman–Crippen LogP) is 12.8. The van der Waals surface area contributed by atoms with Crippen LogP contribution < -0.4 is 43.1 Å². The molecule has 4 aromatic carbocycles. The van der Waals surface area contributed by atoms with Crippen molar-refractivity contribution < 1.29 is 46.0 Å². The van der Waals surface area contributed by atoms with E-state index in [1.165, 1.54) is 13.0 Å². The number of aromatic nitrogens is 5. The fourth-order valence-corrected chi connectivity index (χ4v) is 12.1. The van der Waals surface area contributed by atoms with Gasteiger partial charge in [0.2, 0.25) is 5.88 Å². The molecule has 0 saturated carbocycles. The van der Waals surface area contributed by atoms with Gasteiger partial charge in [-0.3, -0.25) is 4.90 Å². The Labute approximate surface area is 484 Å². The average Bonchev–Trinajstić information content (AvgIpc) is 4.11. The van der Waals surface area contributed by atoms with E-state index in [9.17, 15) is 0 Å². The maximum Gasteiger partial charge on any atom is 0.418 e. The first-order chi connectivity index (χ1) is 40.1. The maximum atomic E-state index is 15.8. The lowest BCUT2D eigenvalue weighted by Gasteiger charge is -2.34. The quantitative estimate of drug-likeness (QED) is 0.0670. The third-order valence-corrected chi connectivity index (χ3v) is 16.4. The van der Waals surface area contributed by atoms with Gasteiger partial charge in [-0.1, -0.05) is 66.2 Å². The molecule has 0 bridgehead atoms. The van der Waals surface area contributed by atoms with Crippen molar-refractivity contribution in [1.29, 1.82) is 0 Å². The van der Waals surface area contributed by atoms with E-state index in [-0.39, 0.29) is 89.9 Å². The highest BCUT2D eigenvalue weighted by Crippen LogP contribution is 2.49. The van der Waals surface area contributed by atoms with E-state index in [0.717, 1.165) is 58.7 Å². The van der Waals surface area contributed by atoms with Gasteiger partial charge in [0.05, 0.1) is 68.5 Å². The first-order valence-electron chi connectivity index (χ1n) is 27.5. The van der Waals surface area contributed by atoms with Crippen LogP contribution in [0, 0.1) is 6.92 Å². The Bertz CT molecular complexity index is 3490. The van der Waals surface area contributed by atoms with Gasteiger partial charge in [-0.25, -0.2) is 19.3 Å². The molecule has 3 aliphatic rings. The van der Waals surface area contributed by atoms with Crippen molar-refractivity contribution in [3.8, 4) is 46.1 Å². The summed E-state index contributed by atoms with van der Waals surface area (Å²) in [5.41, 5.74) is 2.20. The summed E-state index contributed by atoms with van der Waals surface area (Å²) in [5, 5.41) is 0.0894. The smallest absolute Gasteiger partial charge is 0.418 e. The van der Waals surface area contributed by atoms with Crippen molar-refractivity contribution in [1.82, 2.24) is 29.8 Å². The fourth-order valence-electron chi connectivity index (χ4n) is 11.8. The second kappa shape index (κ2) is 24.0. The molecule has 432 valence electrons. The molecule has 2 fully saturated rings. The summed E-state index contributed by atoms with van der Waals surface area (Å²) in [4.78, 5) is 33.0. The number of methoxy groups -OCH3 is 4. The molecule has 0 N–H and O–H groups in total. The third kappa shape index (κ3) is 11.9. The zero-order valence-corrected chi connectivity index (χ0v) is 47.8.